The second-order valence-corrected chi connectivity index (χ2v) is 7.75. The summed E-state index contributed by atoms with van der Waals surface area (Å²) < 4.78 is 28.1. The van der Waals surface area contributed by atoms with Crippen molar-refractivity contribution in [2.24, 2.45) is 5.92 Å². The Morgan fingerprint density at radius 3 is 2.62 bits per heavy atom. The number of anilines is 1. The van der Waals surface area contributed by atoms with Gasteiger partial charge in [-0.05, 0) is 59.3 Å². The molecular weight excluding hydrogens is 356 g/mol. The lowest BCUT2D eigenvalue weighted by molar-refractivity contribution is 0.251. The van der Waals surface area contributed by atoms with Gasteiger partial charge in [0.2, 0.25) is 10.0 Å². The second-order valence-electron chi connectivity index (χ2n) is 5.16. The van der Waals surface area contributed by atoms with E-state index in [1.807, 2.05) is 6.92 Å². The molecular formula is C14H23BrN2O3S. The Balaban J connectivity index is 2.89. The average Bonchev–Trinajstić information content (AvgIpc) is 2.40. The molecule has 0 heterocycles. The fraction of sp³-hybridized carbons (Fsp3) is 0.571. The molecule has 120 valence electrons. The second kappa shape index (κ2) is 8.12. The van der Waals surface area contributed by atoms with Gasteiger partial charge in [-0.25, -0.2) is 13.1 Å². The summed E-state index contributed by atoms with van der Waals surface area (Å²) in [5.74, 6) is 0.142. The molecule has 0 spiro atoms. The van der Waals surface area contributed by atoms with Crippen molar-refractivity contribution in [1.29, 1.82) is 0 Å². The van der Waals surface area contributed by atoms with Gasteiger partial charge in [-0.3, -0.25) is 0 Å². The largest absolute Gasteiger partial charge is 0.398 e. The van der Waals surface area contributed by atoms with Crippen molar-refractivity contribution in [3.63, 3.8) is 0 Å². The first kappa shape index (κ1) is 18.4. The minimum absolute atomic E-state index is 0.0661. The third-order valence-corrected chi connectivity index (χ3v) is 5.63. The highest BCUT2D eigenvalue weighted by molar-refractivity contribution is 9.10. The molecule has 1 atom stereocenters. The van der Waals surface area contributed by atoms with Crippen LogP contribution in [0.4, 0.5) is 5.69 Å². The number of aliphatic hydroxyl groups is 1. The summed E-state index contributed by atoms with van der Waals surface area (Å²) in [6.45, 7) is 4.16. The molecule has 0 aliphatic heterocycles. The summed E-state index contributed by atoms with van der Waals surface area (Å²) in [4.78, 5) is 0.197. The lowest BCUT2D eigenvalue weighted by atomic mass is 10.0. The zero-order chi connectivity index (χ0) is 16.0. The average molecular weight is 379 g/mol. The molecule has 0 radical (unpaired) electrons. The maximum Gasteiger partial charge on any atom is 0.240 e. The van der Waals surface area contributed by atoms with E-state index in [0.717, 1.165) is 12.8 Å². The van der Waals surface area contributed by atoms with Gasteiger partial charge in [-0.15, -0.1) is 0 Å². The minimum atomic E-state index is -3.59. The van der Waals surface area contributed by atoms with Gasteiger partial charge in [0, 0.05) is 23.3 Å². The molecule has 1 aromatic carbocycles. The van der Waals surface area contributed by atoms with Crippen molar-refractivity contribution in [3.8, 4) is 0 Å². The third-order valence-electron chi connectivity index (χ3n) is 3.38. The van der Waals surface area contributed by atoms with E-state index < -0.39 is 10.0 Å². The Kier molecular flexibility index (Phi) is 7.12. The molecule has 0 bridgehead atoms. The molecule has 1 unspecified atom stereocenters. The highest BCUT2D eigenvalue weighted by Gasteiger charge is 2.20. The fourth-order valence-electron chi connectivity index (χ4n) is 2.20. The number of halogens is 1. The molecule has 0 fully saturated rings. The Morgan fingerprint density at radius 2 is 2.05 bits per heavy atom. The SMILES string of the molecule is CCCC(CCO)CNS(=O)(=O)c1cc(N)c(Br)cc1C. The number of sulfonamides is 1. The Bertz CT molecular complexity index is 570. The first-order valence-electron chi connectivity index (χ1n) is 6.98. The van der Waals surface area contributed by atoms with Crippen LogP contribution in [0.25, 0.3) is 0 Å². The molecule has 0 aromatic heterocycles. The van der Waals surface area contributed by atoms with E-state index in [1.165, 1.54) is 6.07 Å². The molecule has 4 N–H and O–H groups in total. The first-order valence-corrected chi connectivity index (χ1v) is 9.25. The van der Waals surface area contributed by atoms with E-state index >= 15 is 0 Å². The predicted molar refractivity (Wildman–Crippen MR) is 88.6 cm³/mol. The summed E-state index contributed by atoms with van der Waals surface area (Å²) in [6, 6.07) is 3.16. The molecule has 7 heteroatoms. The van der Waals surface area contributed by atoms with Crippen molar-refractivity contribution < 1.29 is 13.5 Å². The Labute approximate surface area is 135 Å². The predicted octanol–water partition coefficient (Wildman–Crippen LogP) is 2.42. The van der Waals surface area contributed by atoms with Crippen LogP contribution in [0.15, 0.2) is 21.5 Å². The molecule has 0 amide bonds. The molecule has 1 aromatic rings. The molecule has 0 aliphatic carbocycles. The Morgan fingerprint density at radius 1 is 1.38 bits per heavy atom. The van der Waals surface area contributed by atoms with Crippen LogP contribution in [-0.4, -0.2) is 26.7 Å². The summed E-state index contributed by atoms with van der Waals surface area (Å²) in [5.41, 5.74) is 6.79. The number of nitrogens with one attached hydrogen (secondary N) is 1. The van der Waals surface area contributed by atoms with Crippen LogP contribution in [0, 0.1) is 12.8 Å². The normalized spacial score (nSPS) is 13.3. The monoisotopic (exact) mass is 378 g/mol. The molecule has 5 nitrogen and oxygen atoms in total. The highest BCUT2D eigenvalue weighted by Crippen LogP contribution is 2.26. The van der Waals surface area contributed by atoms with Gasteiger partial charge in [0.25, 0.3) is 0 Å². The van der Waals surface area contributed by atoms with E-state index in [2.05, 4.69) is 20.7 Å². The van der Waals surface area contributed by atoms with Crippen LogP contribution in [0.3, 0.4) is 0 Å². The zero-order valence-corrected chi connectivity index (χ0v) is 14.8. The third kappa shape index (κ3) is 5.25. The van der Waals surface area contributed by atoms with E-state index in [4.69, 9.17) is 10.8 Å². The van der Waals surface area contributed by atoms with Crippen molar-refractivity contribution in [1.82, 2.24) is 4.72 Å². The van der Waals surface area contributed by atoms with E-state index in [-0.39, 0.29) is 17.4 Å². The maximum atomic E-state index is 12.4. The smallest absolute Gasteiger partial charge is 0.240 e. The number of aliphatic hydroxyl groups excluding tert-OH is 1. The summed E-state index contributed by atoms with van der Waals surface area (Å²) in [7, 11) is -3.59. The van der Waals surface area contributed by atoms with Crippen LogP contribution >= 0.6 is 15.9 Å². The van der Waals surface area contributed by atoms with Gasteiger partial charge in [-0.2, -0.15) is 0 Å². The fourth-order valence-corrected chi connectivity index (χ4v) is 4.04. The van der Waals surface area contributed by atoms with Gasteiger partial charge in [0.1, 0.15) is 0 Å². The van der Waals surface area contributed by atoms with E-state index in [9.17, 15) is 8.42 Å². The van der Waals surface area contributed by atoms with Crippen LogP contribution in [0.2, 0.25) is 0 Å². The van der Waals surface area contributed by atoms with Gasteiger partial charge in [0.15, 0.2) is 0 Å². The maximum absolute atomic E-state index is 12.4. The number of rotatable bonds is 8. The van der Waals surface area contributed by atoms with Gasteiger partial charge < -0.3 is 10.8 Å². The lowest BCUT2D eigenvalue weighted by Crippen LogP contribution is -2.30. The Hall–Kier alpha value is -0.630. The quantitative estimate of drug-likeness (QED) is 0.605. The summed E-state index contributed by atoms with van der Waals surface area (Å²) in [5, 5.41) is 9.02. The van der Waals surface area contributed by atoms with Crippen LogP contribution in [0.1, 0.15) is 31.7 Å². The number of hydrogen-bond acceptors (Lipinski definition) is 4. The van der Waals surface area contributed by atoms with Gasteiger partial charge >= 0.3 is 0 Å². The number of nitrogen functional groups attached to an aromatic ring is 1. The van der Waals surface area contributed by atoms with Crippen molar-refractivity contribution in [3.05, 3.63) is 22.2 Å². The number of benzene rings is 1. The van der Waals surface area contributed by atoms with Crippen molar-refractivity contribution >= 4 is 31.6 Å². The summed E-state index contributed by atoms with van der Waals surface area (Å²) in [6.07, 6.45) is 2.43. The molecule has 1 rings (SSSR count). The van der Waals surface area contributed by atoms with Crippen LogP contribution < -0.4 is 10.5 Å². The molecule has 21 heavy (non-hydrogen) atoms. The number of nitrogens with two attached hydrogens (primary N) is 1. The number of hydrogen-bond donors (Lipinski definition) is 3. The summed E-state index contributed by atoms with van der Waals surface area (Å²) >= 11 is 3.28. The highest BCUT2D eigenvalue weighted by atomic mass is 79.9. The van der Waals surface area contributed by atoms with Crippen LogP contribution in [0.5, 0.6) is 0 Å². The lowest BCUT2D eigenvalue weighted by Gasteiger charge is -2.17. The van der Waals surface area contributed by atoms with Gasteiger partial charge in [0.05, 0.1) is 4.90 Å². The molecule has 0 aliphatic rings. The zero-order valence-electron chi connectivity index (χ0n) is 12.4. The molecule has 0 saturated carbocycles. The topological polar surface area (TPSA) is 92.4 Å². The van der Waals surface area contributed by atoms with Crippen molar-refractivity contribution in [2.45, 2.75) is 38.0 Å². The van der Waals surface area contributed by atoms with Crippen molar-refractivity contribution in [2.75, 3.05) is 18.9 Å². The molecule has 0 saturated heterocycles. The first-order chi connectivity index (χ1) is 9.81. The van der Waals surface area contributed by atoms with Crippen LogP contribution in [-0.2, 0) is 10.0 Å². The van der Waals surface area contributed by atoms with E-state index in [1.54, 1.807) is 13.0 Å². The van der Waals surface area contributed by atoms with E-state index in [0.29, 0.717) is 28.7 Å². The van der Waals surface area contributed by atoms with Gasteiger partial charge in [-0.1, -0.05) is 13.3 Å². The number of aryl methyl sites for hydroxylation is 1. The standard InChI is InChI=1S/C14H23BrN2O3S/c1-3-4-11(5-6-18)9-17-21(19,20)14-8-13(16)12(15)7-10(14)2/h7-8,11,17-18H,3-6,9,16H2,1-2H3. The minimum Gasteiger partial charge on any atom is -0.398 e.